The normalized spacial score (nSPS) is 16.2. The maximum atomic E-state index is 12.8. The van der Waals surface area contributed by atoms with Crippen LogP contribution < -0.4 is 0 Å². The minimum Gasteiger partial charge on any atom is -0.289 e. The Hall–Kier alpha value is -2.24. The van der Waals surface area contributed by atoms with Crippen LogP contribution >= 0.6 is 0 Å². The van der Waals surface area contributed by atoms with Gasteiger partial charge in [0.15, 0.2) is 5.78 Å². The average Bonchev–Trinajstić information content (AvgIpc) is 2.98. The Balaban J connectivity index is 1.75. The van der Waals surface area contributed by atoms with E-state index in [1.54, 1.807) is 34.6 Å². The fourth-order valence-electron chi connectivity index (χ4n) is 3.42. The van der Waals surface area contributed by atoms with Crippen LogP contribution in [0.3, 0.4) is 0 Å². The maximum absolute atomic E-state index is 12.8. The van der Waals surface area contributed by atoms with Gasteiger partial charge in [-0.3, -0.25) is 4.79 Å². The van der Waals surface area contributed by atoms with Crippen molar-refractivity contribution in [2.24, 2.45) is 0 Å². The van der Waals surface area contributed by atoms with E-state index in [1.807, 2.05) is 38.1 Å². The van der Waals surface area contributed by atoms with Gasteiger partial charge >= 0.3 is 0 Å². The number of rotatable bonds is 5. The van der Waals surface area contributed by atoms with Gasteiger partial charge in [0.1, 0.15) is 0 Å². The van der Waals surface area contributed by atoms with Crippen LogP contribution in [0.1, 0.15) is 52.7 Å². The second kappa shape index (κ2) is 8.84. The molecule has 3 rings (SSSR count). The fraction of sp³-hybridized carbons (Fsp3) is 0.348. The molecular formula is C23H27NO3S. The molecule has 0 unspecified atom stereocenters. The predicted octanol–water partition coefficient (Wildman–Crippen LogP) is 4.76. The number of benzene rings is 2. The van der Waals surface area contributed by atoms with Crippen molar-refractivity contribution >= 4 is 21.9 Å². The number of sulfonamides is 1. The van der Waals surface area contributed by atoms with Gasteiger partial charge in [0.05, 0.1) is 4.90 Å². The summed E-state index contributed by atoms with van der Waals surface area (Å²) in [5.41, 5.74) is 3.74. The van der Waals surface area contributed by atoms with Crippen molar-refractivity contribution in [2.75, 3.05) is 13.1 Å². The smallest absolute Gasteiger partial charge is 0.243 e. The van der Waals surface area contributed by atoms with E-state index in [1.165, 1.54) is 0 Å². The monoisotopic (exact) mass is 397 g/mol. The van der Waals surface area contributed by atoms with Gasteiger partial charge in [0.25, 0.3) is 0 Å². The largest absolute Gasteiger partial charge is 0.289 e. The van der Waals surface area contributed by atoms with E-state index >= 15 is 0 Å². The molecule has 0 saturated carbocycles. The highest BCUT2D eigenvalue weighted by Crippen LogP contribution is 2.21. The molecule has 0 bridgehead atoms. The first kappa shape index (κ1) is 20.5. The lowest BCUT2D eigenvalue weighted by Crippen LogP contribution is -2.31. The van der Waals surface area contributed by atoms with Crippen molar-refractivity contribution in [1.82, 2.24) is 4.31 Å². The van der Waals surface area contributed by atoms with Crippen LogP contribution in [0.25, 0.3) is 6.08 Å². The molecule has 0 N–H and O–H groups in total. The summed E-state index contributed by atoms with van der Waals surface area (Å²) in [6, 6.07) is 12.4. The molecule has 0 aromatic heterocycles. The molecule has 1 fully saturated rings. The third-order valence-electron chi connectivity index (χ3n) is 5.19. The quantitative estimate of drug-likeness (QED) is 0.540. The van der Waals surface area contributed by atoms with Crippen LogP contribution in [0, 0.1) is 13.8 Å². The topological polar surface area (TPSA) is 54.5 Å². The second-order valence-corrected chi connectivity index (χ2v) is 9.34. The minimum absolute atomic E-state index is 0.139. The van der Waals surface area contributed by atoms with E-state index in [0.29, 0.717) is 18.7 Å². The number of carbonyl (C=O) groups excluding carboxylic acids is 1. The predicted molar refractivity (Wildman–Crippen MR) is 113 cm³/mol. The van der Waals surface area contributed by atoms with Crippen LogP contribution in [-0.2, 0) is 10.0 Å². The number of ketones is 1. The first-order valence-corrected chi connectivity index (χ1v) is 11.2. The van der Waals surface area contributed by atoms with Gasteiger partial charge in [-0.2, -0.15) is 4.31 Å². The van der Waals surface area contributed by atoms with E-state index in [9.17, 15) is 13.2 Å². The lowest BCUT2D eigenvalue weighted by molar-refractivity contribution is 0.104. The molecule has 4 nitrogen and oxygen atoms in total. The molecule has 2 aromatic carbocycles. The third-order valence-corrected chi connectivity index (χ3v) is 7.10. The molecule has 148 valence electrons. The molecule has 0 spiro atoms. The van der Waals surface area contributed by atoms with Crippen LogP contribution in [0.5, 0.6) is 0 Å². The molecule has 1 aliphatic heterocycles. The van der Waals surface area contributed by atoms with Crippen molar-refractivity contribution in [3.8, 4) is 0 Å². The van der Waals surface area contributed by atoms with Crippen LogP contribution in [0.15, 0.2) is 53.4 Å². The van der Waals surface area contributed by atoms with Crippen LogP contribution in [0.4, 0.5) is 0 Å². The summed E-state index contributed by atoms with van der Waals surface area (Å²) in [6.45, 7) is 5.16. The van der Waals surface area contributed by atoms with Gasteiger partial charge in [-0.25, -0.2) is 8.42 Å². The first-order chi connectivity index (χ1) is 13.4. The Morgan fingerprint density at radius 3 is 2.21 bits per heavy atom. The molecule has 1 saturated heterocycles. The van der Waals surface area contributed by atoms with Gasteiger partial charge in [-0.05, 0) is 68.2 Å². The molecule has 2 aromatic rings. The number of hydrogen-bond donors (Lipinski definition) is 0. The van der Waals surface area contributed by atoms with Gasteiger partial charge in [-0.15, -0.1) is 0 Å². The highest BCUT2D eigenvalue weighted by Gasteiger charge is 2.25. The molecule has 0 aliphatic carbocycles. The molecule has 5 heteroatoms. The zero-order chi connectivity index (χ0) is 20.1. The molecule has 0 radical (unpaired) electrons. The highest BCUT2D eigenvalue weighted by atomic mass is 32.2. The van der Waals surface area contributed by atoms with Crippen molar-refractivity contribution in [2.45, 2.75) is 44.4 Å². The summed E-state index contributed by atoms with van der Waals surface area (Å²) >= 11 is 0. The molecule has 1 aliphatic rings. The number of aryl methyl sites for hydroxylation is 2. The Morgan fingerprint density at radius 2 is 1.57 bits per heavy atom. The minimum atomic E-state index is -3.49. The Bertz CT molecular complexity index is 967. The van der Waals surface area contributed by atoms with Crippen molar-refractivity contribution < 1.29 is 13.2 Å². The summed E-state index contributed by atoms with van der Waals surface area (Å²) in [5.74, 6) is -0.139. The lowest BCUT2D eigenvalue weighted by Gasteiger charge is -2.19. The number of carbonyl (C=O) groups is 1. The van der Waals surface area contributed by atoms with E-state index in [4.69, 9.17) is 0 Å². The number of hydrogen-bond acceptors (Lipinski definition) is 3. The molecule has 1 heterocycles. The highest BCUT2D eigenvalue weighted by molar-refractivity contribution is 7.89. The molecule has 0 amide bonds. The summed E-state index contributed by atoms with van der Waals surface area (Å²) < 4.78 is 27.2. The third kappa shape index (κ3) is 4.78. The Labute approximate surface area is 167 Å². The van der Waals surface area contributed by atoms with Gasteiger partial charge in [0.2, 0.25) is 10.0 Å². The van der Waals surface area contributed by atoms with Crippen molar-refractivity contribution in [3.63, 3.8) is 0 Å². The standard InChI is InChI=1S/C23H27NO3S/c1-18-7-8-19(2)21(17-18)11-14-23(25)20-9-12-22(13-10-20)28(26,27)24-15-5-3-4-6-16-24/h7-14,17H,3-6,15-16H2,1-2H3. The van der Waals surface area contributed by atoms with Gasteiger partial charge in [-0.1, -0.05) is 42.7 Å². The van der Waals surface area contributed by atoms with E-state index in [-0.39, 0.29) is 10.7 Å². The van der Waals surface area contributed by atoms with Crippen molar-refractivity contribution in [3.05, 3.63) is 70.8 Å². The van der Waals surface area contributed by atoms with E-state index in [0.717, 1.165) is 42.4 Å². The lowest BCUT2D eigenvalue weighted by atomic mass is 10.0. The zero-order valence-corrected chi connectivity index (χ0v) is 17.3. The fourth-order valence-corrected chi connectivity index (χ4v) is 4.94. The molecule has 28 heavy (non-hydrogen) atoms. The second-order valence-electron chi connectivity index (χ2n) is 7.40. The van der Waals surface area contributed by atoms with E-state index in [2.05, 4.69) is 0 Å². The number of allylic oxidation sites excluding steroid dienone is 1. The van der Waals surface area contributed by atoms with Gasteiger partial charge in [0, 0.05) is 18.7 Å². The average molecular weight is 398 g/mol. The van der Waals surface area contributed by atoms with Crippen LogP contribution in [0.2, 0.25) is 0 Å². The maximum Gasteiger partial charge on any atom is 0.243 e. The SMILES string of the molecule is Cc1ccc(C)c(C=CC(=O)c2ccc(S(=O)(=O)N3CCCCCC3)cc2)c1. The Kier molecular flexibility index (Phi) is 6.47. The zero-order valence-electron chi connectivity index (χ0n) is 16.5. The first-order valence-electron chi connectivity index (χ1n) is 9.78. The van der Waals surface area contributed by atoms with Crippen LogP contribution in [-0.4, -0.2) is 31.6 Å². The van der Waals surface area contributed by atoms with Crippen molar-refractivity contribution in [1.29, 1.82) is 0 Å². The summed E-state index contributed by atoms with van der Waals surface area (Å²) in [4.78, 5) is 12.7. The number of nitrogens with zero attached hydrogens (tertiary/aromatic N) is 1. The Morgan fingerprint density at radius 1 is 0.929 bits per heavy atom. The van der Waals surface area contributed by atoms with E-state index < -0.39 is 10.0 Å². The molecular weight excluding hydrogens is 370 g/mol. The summed E-state index contributed by atoms with van der Waals surface area (Å²) in [7, 11) is -3.49. The molecule has 0 atom stereocenters. The van der Waals surface area contributed by atoms with Gasteiger partial charge < -0.3 is 0 Å². The summed E-state index contributed by atoms with van der Waals surface area (Å²) in [6.07, 6.45) is 7.31. The summed E-state index contributed by atoms with van der Waals surface area (Å²) in [5, 5.41) is 0.